The molecule has 1 fully saturated rings. The first-order valence-electron chi connectivity index (χ1n) is 9.13. The average Bonchev–Trinajstić information content (AvgIpc) is 2.92. The molecule has 0 saturated carbocycles. The lowest BCUT2D eigenvalue weighted by atomic mass is 10.1. The highest BCUT2D eigenvalue weighted by atomic mass is 16.5. The number of carbonyl (C=O) groups is 2. The minimum absolute atomic E-state index is 0.0179. The van der Waals surface area contributed by atoms with Crippen molar-refractivity contribution >= 4 is 23.5 Å². The van der Waals surface area contributed by atoms with Gasteiger partial charge in [-0.05, 0) is 43.9 Å². The molecule has 0 spiro atoms. The Morgan fingerprint density at radius 2 is 2.12 bits per heavy atom. The number of unbranched alkanes of at least 4 members (excludes halogenated alkanes) is 2. The maximum atomic E-state index is 12.0. The van der Waals surface area contributed by atoms with Crippen LogP contribution in [-0.2, 0) is 20.9 Å². The molecule has 1 N–H and O–H groups in total. The van der Waals surface area contributed by atoms with Crippen LogP contribution in [0.1, 0.15) is 45.1 Å². The molecule has 7 heteroatoms. The third kappa shape index (κ3) is 4.15. The molecule has 1 unspecified atom stereocenters. The van der Waals surface area contributed by atoms with Crippen LogP contribution in [0.5, 0.6) is 5.75 Å². The summed E-state index contributed by atoms with van der Waals surface area (Å²) in [7, 11) is 0. The standard InChI is InChI=1S/C19H25N3O4/c1-3-17-18(24)21-19-20-16-8-7-15(11-14(16)12-22(17)19)26-10-6-4-5-9-25-13(2)23/h7-8,11,17H,3-6,9-10,12H2,1-2H3,(H,20,21,24). The molecule has 140 valence electrons. The minimum atomic E-state index is -0.235. The van der Waals surface area contributed by atoms with Crippen LogP contribution in [0, 0.1) is 0 Å². The Balaban J connectivity index is 1.51. The van der Waals surface area contributed by atoms with E-state index in [-0.39, 0.29) is 17.9 Å². The van der Waals surface area contributed by atoms with Crippen molar-refractivity contribution < 1.29 is 19.1 Å². The van der Waals surface area contributed by atoms with Crippen LogP contribution >= 0.6 is 0 Å². The normalized spacial score (nSPS) is 17.9. The van der Waals surface area contributed by atoms with Gasteiger partial charge in [0.05, 0.1) is 18.9 Å². The number of hydrogen-bond donors (Lipinski definition) is 1. The number of benzene rings is 1. The molecular formula is C19H25N3O4. The highest BCUT2D eigenvalue weighted by molar-refractivity contribution is 6.07. The second-order valence-corrected chi connectivity index (χ2v) is 6.52. The summed E-state index contributed by atoms with van der Waals surface area (Å²) in [4.78, 5) is 29.2. The Morgan fingerprint density at radius 3 is 2.88 bits per heavy atom. The van der Waals surface area contributed by atoms with E-state index in [1.807, 2.05) is 30.0 Å². The Morgan fingerprint density at radius 1 is 1.31 bits per heavy atom. The van der Waals surface area contributed by atoms with Gasteiger partial charge in [0.1, 0.15) is 11.8 Å². The van der Waals surface area contributed by atoms with Crippen molar-refractivity contribution in [3.63, 3.8) is 0 Å². The molecule has 7 nitrogen and oxygen atoms in total. The van der Waals surface area contributed by atoms with Gasteiger partial charge in [-0.3, -0.25) is 14.9 Å². The van der Waals surface area contributed by atoms with Gasteiger partial charge in [0, 0.05) is 19.0 Å². The molecule has 2 aliphatic heterocycles. The Kier molecular flexibility index (Phi) is 5.75. The number of nitrogens with one attached hydrogen (secondary N) is 1. The predicted molar refractivity (Wildman–Crippen MR) is 97.3 cm³/mol. The van der Waals surface area contributed by atoms with E-state index >= 15 is 0 Å². The number of carbonyl (C=O) groups excluding carboxylic acids is 2. The van der Waals surface area contributed by atoms with Crippen molar-refractivity contribution in [1.82, 2.24) is 10.2 Å². The Hall–Kier alpha value is -2.57. The summed E-state index contributed by atoms with van der Waals surface area (Å²) in [6.45, 7) is 5.17. The number of hydrogen-bond acceptors (Lipinski definition) is 6. The smallest absolute Gasteiger partial charge is 0.302 e. The van der Waals surface area contributed by atoms with E-state index in [4.69, 9.17) is 9.47 Å². The highest BCUT2D eigenvalue weighted by Crippen LogP contribution is 2.32. The largest absolute Gasteiger partial charge is 0.494 e. The molecule has 0 aliphatic carbocycles. The lowest BCUT2D eigenvalue weighted by Gasteiger charge is -2.27. The van der Waals surface area contributed by atoms with E-state index in [0.29, 0.717) is 25.7 Å². The molecule has 1 saturated heterocycles. The van der Waals surface area contributed by atoms with Gasteiger partial charge in [0.25, 0.3) is 0 Å². The number of esters is 1. The van der Waals surface area contributed by atoms with Crippen molar-refractivity contribution in [2.45, 2.75) is 52.1 Å². The summed E-state index contributed by atoms with van der Waals surface area (Å²) < 4.78 is 10.7. The molecule has 0 bridgehead atoms. The van der Waals surface area contributed by atoms with Gasteiger partial charge in [0.2, 0.25) is 11.9 Å². The number of guanidine groups is 1. The zero-order chi connectivity index (χ0) is 18.5. The van der Waals surface area contributed by atoms with Crippen LogP contribution in [0.15, 0.2) is 23.2 Å². The molecular weight excluding hydrogens is 334 g/mol. The van der Waals surface area contributed by atoms with Gasteiger partial charge in [-0.25, -0.2) is 4.99 Å². The lowest BCUT2D eigenvalue weighted by Crippen LogP contribution is -2.36. The van der Waals surface area contributed by atoms with E-state index in [2.05, 4.69) is 10.3 Å². The van der Waals surface area contributed by atoms with Crippen molar-refractivity contribution in [3.8, 4) is 5.75 Å². The fourth-order valence-corrected chi connectivity index (χ4v) is 3.21. The molecule has 2 heterocycles. The molecule has 1 aromatic carbocycles. The SMILES string of the molecule is CCC1C(=O)NC2=Nc3ccc(OCCCCCOC(C)=O)cc3CN21. The Labute approximate surface area is 153 Å². The zero-order valence-corrected chi connectivity index (χ0v) is 15.3. The van der Waals surface area contributed by atoms with E-state index in [0.717, 1.165) is 42.7 Å². The van der Waals surface area contributed by atoms with Crippen LogP contribution in [0.2, 0.25) is 0 Å². The molecule has 1 aromatic rings. The second kappa shape index (κ2) is 8.21. The summed E-state index contributed by atoms with van der Waals surface area (Å²) in [6.07, 6.45) is 3.46. The fourth-order valence-electron chi connectivity index (χ4n) is 3.21. The van der Waals surface area contributed by atoms with Gasteiger partial charge >= 0.3 is 5.97 Å². The maximum absolute atomic E-state index is 12.0. The van der Waals surface area contributed by atoms with E-state index in [1.54, 1.807) is 0 Å². The summed E-state index contributed by atoms with van der Waals surface area (Å²) >= 11 is 0. The molecule has 2 aliphatic rings. The van der Waals surface area contributed by atoms with Crippen LogP contribution in [0.25, 0.3) is 0 Å². The Bertz CT molecular complexity index is 717. The number of amides is 1. The third-order valence-corrected chi connectivity index (χ3v) is 4.55. The molecule has 1 amide bonds. The molecule has 0 radical (unpaired) electrons. The van der Waals surface area contributed by atoms with E-state index in [1.165, 1.54) is 6.92 Å². The van der Waals surface area contributed by atoms with Crippen molar-refractivity contribution in [2.75, 3.05) is 13.2 Å². The highest BCUT2D eigenvalue weighted by Gasteiger charge is 2.37. The van der Waals surface area contributed by atoms with E-state index in [9.17, 15) is 9.59 Å². The topological polar surface area (TPSA) is 80.2 Å². The summed E-state index contributed by atoms with van der Waals surface area (Å²) in [5, 5.41) is 2.85. The van der Waals surface area contributed by atoms with Gasteiger partial charge in [-0.1, -0.05) is 6.92 Å². The lowest BCUT2D eigenvalue weighted by molar-refractivity contribution is -0.141. The summed E-state index contributed by atoms with van der Waals surface area (Å²) in [6, 6.07) is 5.69. The van der Waals surface area contributed by atoms with Gasteiger partial charge in [-0.15, -0.1) is 0 Å². The summed E-state index contributed by atoms with van der Waals surface area (Å²) in [5.41, 5.74) is 1.94. The van der Waals surface area contributed by atoms with Crippen LogP contribution in [0.3, 0.4) is 0 Å². The second-order valence-electron chi connectivity index (χ2n) is 6.52. The number of nitrogens with zero attached hydrogens (tertiary/aromatic N) is 2. The van der Waals surface area contributed by atoms with Gasteiger partial charge < -0.3 is 14.4 Å². The van der Waals surface area contributed by atoms with Gasteiger partial charge in [-0.2, -0.15) is 0 Å². The first kappa shape index (κ1) is 18.2. The predicted octanol–water partition coefficient (Wildman–Crippen LogP) is 2.51. The van der Waals surface area contributed by atoms with Gasteiger partial charge in [0.15, 0.2) is 0 Å². The number of aliphatic imine (C=N–C) groups is 1. The monoisotopic (exact) mass is 359 g/mol. The first-order valence-corrected chi connectivity index (χ1v) is 9.13. The van der Waals surface area contributed by atoms with E-state index < -0.39 is 0 Å². The maximum Gasteiger partial charge on any atom is 0.302 e. The summed E-state index contributed by atoms with van der Waals surface area (Å²) in [5.74, 6) is 1.25. The number of ether oxygens (including phenoxy) is 2. The molecule has 3 rings (SSSR count). The molecule has 0 aromatic heterocycles. The zero-order valence-electron chi connectivity index (χ0n) is 15.3. The average molecular weight is 359 g/mol. The fraction of sp³-hybridized carbons (Fsp3) is 0.526. The van der Waals surface area contributed by atoms with Crippen molar-refractivity contribution in [2.24, 2.45) is 4.99 Å². The number of rotatable bonds is 8. The third-order valence-electron chi connectivity index (χ3n) is 4.55. The number of fused-ring (bicyclic) bond motifs is 2. The van der Waals surface area contributed by atoms with Crippen molar-refractivity contribution in [3.05, 3.63) is 23.8 Å². The van der Waals surface area contributed by atoms with Crippen LogP contribution < -0.4 is 10.1 Å². The van der Waals surface area contributed by atoms with Crippen LogP contribution in [-0.4, -0.2) is 42.0 Å². The molecule has 26 heavy (non-hydrogen) atoms. The first-order chi connectivity index (χ1) is 12.6. The minimum Gasteiger partial charge on any atom is -0.494 e. The molecule has 1 atom stereocenters. The van der Waals surface area contributed by atoms with Crippen molar-refractivity contribution in [1.29, 1.82) is 0 Å². The quantitative estimate of drug-likeness (QED) is 0.570. The van der Waals surface area contributed by atoms with Crippen LogP contribution in [0.4, 0.5) is 5.69 Å².